The number of carbonyl (C=O) groups excluding carboxylic acids is 1. The molecule has 1 aromatic heterocycles. The Bertz CT molecular complexity index is 656. The molecule has 0 saturated carbocycles. The topological polar surface area (TPSA) is 46.3 Å². The van der Waals surface area contributed by atoms with Crippen molar-refractivity contribution in [3.05, 3.63) is 52.4 Å². The van der Waals surface area contributed by atoms with Crippen LogP contribution < -0.4 is 0 Å². The average molecular weight is 284 g/mol. The maximum absolute atomic E-state index is 12.9. The Morgan fingerprint density at radius 1 is 1.29 bits per heavy atom. The van der Waals surface area contributed by atoms with Gasteiger partial charge in [0.15, 0.2) is 0 Å². The Labute approximate surface area is 124 Å². The molecule has 1 amide bonds. The summed E-state index contributed by atoms with van der Waals surface area (Å²) in [6, 6.07) is 7.85. The van der Waals surface area contributed by atoms with Gasteiger partial charge in [0.1, 0.15) is 5.76 Å². The zero-order valence-corrected chi connectivity index (χ0v) is 12.7. The Hall–Kier alpha value is -2.10. The molecule has 2 heterocycles. The summed E-state index contributed by atoms with van der Waals surface area (Å²) in [4.78, 5) is 14.8. The summed E-state index contributed by atoms with van der Waals surface area (Å²) in [6.45, 7) is 6.64. The molecule has 1 aliphatic heterocycles. The summed E-state index contributed by atoms with van der Waals surface area (Å²) >= 11 is 0. The molecule has 2 aromatic rings. The van der Waals surface area contributed by atoms with Crippen LogP contribution in [0.5, 0.6) is 0 Å². The third-order valence-corrected chi connectivity index (χ3v) is 4.31. The lowest BCUT2D eigenvalue weighted by Gasteiger charge is -2.25. The predicted molar refractivity (Wildman–Crippen MR) is 80.2 cm³/mol. The number of aromatic nitrogens is 1. The summed E-state index contributed by atoms with van der Waals surface area (Å²) in [5, 5.41) is 4.03. The Balaban J connectivity index is 1.95. The molecule has 110 valence electrons. The molecule has 1 fully saturated rings. The van der Waals surface area contributed by atoms with Gasteiger partial charge in [0.2, 0.25) is 0 Å². The summed E-state index contributed by atoms with van der Waals surface area (Å²) in [6.07, 6.45) is 1.99. The molecule has 1 aliphatic rings. The molecule has 0 N–H and O–H groups in total. The van der Waals surface area contributed by atoms with E-state index in [4.69, 9.17) is 4.52 Å². The second kappa shape index (κ2) is 5.35. The van der Waals surface area contributed by atoms with Crippen molar-refractivity contribution in [3.8, 4) is 0 Å². The number of benzene rings is 1. The first kappa shape index (κ1) is 13.9. The molecule has 1 unspecified atom stereocenters. The van der Waals surface area contributed by atoms with Gasteiger partial charge in [0.05, 0.1) is 11.7 Å². The predicted octanol–water partition coefficient (Wildman–Crippen LogP) is 3.58. The van der Waals surface area contributed by atoms with Crippen LogP contribution in [0.15, 0.2) is 28.8 Å². The lowest BCUT2D eigenvalue weighted by Crippen LogP contribution is -2.31. The fourth-order valence-corrected chi connectivity index (χ4v) is 3.24. The molecule has 4 nitrogen and oxygen atoms in total. The van der Waals surface area contributed by atoms with E-state index in [-0.39, 0.29) is 11.9 Å². The highest BCUT2D eigenvalue weighted by Crippen LogP contribution is 2.36. The van der Waals surface area contributed by atoms with Crippen LogP contribution in [-0.2, 0) is 0 Å². The first-order chi connectivity index (χ1) is 10.1. The third kappa shape index (κ3) is 2.35. The molecule has 3 rings (SSSR count). The quantitative estimate of drug-likeness (QED) is 0.846. The van der Waals surface area contributed by atoms with Crippen molar-refractivity contribution in [1.82, 2.24) is 10.1 Å². The zero-order chi connectivity index (χ0) is 15.0. The number of nitrogens with zero attached hydrogens (tertiary/aromatic N) is 2. The van der Waals surface area contributed by atoms with Crippen LogP contribution in [0, 0.1) is 20.8 Å². The van der Waals surface area contributed by atoms with Gasteiger partial charge >= 0.3 is 0 Å². The Morgan fingerprint density at radius 2 is 2.05 bits per heavy atom. The molecule has 0 radical (unpaired) electrons. The van der Waals surface area contributed by atoms with Crippen LogP contribution in [0.4, 0.5) is 0 Å². The number of aryl methyl sites for hydroxylation is 3. The van der Waals surface area contributed by atoms with E-state index in [1.807, 2.05) is 49.9 Å². The van der Waals surface area contributed by atoms with Gasteiger partial charge in [-0.1, -0.05) is 23.4 Å². The van der Waals surface area contributed by atoms with Gasteiger partial charge in [-0.25, -0.2) is 0 Å². The molecular weight excluding hydrogens is 264 g/mol. The van der Waals surface area contributed by atoms with Gasteiger partial charge < -0.3 is 9.42 Å². The van der Waals surface area contributed by atoms with Crippen LogP contribution in [0.2, 0.25) is 0 Å². The van der Waals surface area contributed by atoms with Crippen LogP contribution >= 0.6 is 0 Å². The number of likely N-dealkylation sites (tertiary alicyclic amines) is 1. The summed E-state index contributed by atoms with van der Waals surface area (Å²) in [5.41, 5.74) is 3.78. The van der Waals surface area contributed by atoms with Gasteiger partial charge in [-0.3, -0.25) is 4.79 Å². The van der Waals surface area contributed by atoms with E-state index >= 15 is 0 Å². The number of carbonyl (C=O) groups is 1. The van der Waals surface area contributed by atoms with Crippen LogP contribution in [0.1, 0.15) is 51.8 Å². The average Bonchev–Trinajstić information content (AvgIpc) is 3.05. The first-order valence-corrected chi connectivity index (χ1v) is 7.39. The van der Waals surface area contributed by atoms with Crippen LogP contribution in [0.3, 0.4) is 0 Å². The molecule has 1 atom stereocenters. The molecule has 4 heteroatoms. The van der Waals surface area contributed by atoms with Gasteiger partial charge in [-0.2, -0.15) is 0 Å². The van der Waals surface area contributed by atoms with Gasteiger partial charge in [-0.05, 0) is 45.2 Å². The summed E-state index contributed by atoms with van der Waals surface area (Å²) in [5.74, 6) is 0.928. The standard InChI is InChI=1S/C17H20N2O2/c1-11-7-4-5-8-14(11)17(20)19-10-6-9-15(19)16-12(2)18-21-13(16)3/h4-5,7-8,15H,6,9-10H2,1-3H3. The minimum Gasteiger partial charge on any atom is -0.361 e. The van der Waals surface area contributed by atoms with Crippen molar-refractivity contribution >= 4 is 5.91 Å². The second-order valence-corrected chi connectivity index (χ2v) is 5.71. The van der Waals surface area contributed by atoms with Crippen LogP contribution in [0.25, 0.3) is 0 Å². The maximum Gasteiger partial charge on any atom is 0.254 e. The first-order valence-electron chi connectivity index (χ1n) is 7.39. The lowest BCUT2D eigenvalue weighted by atomic mass is 10.0. The monoisotopic (exact) mass is 284 g/mol. The van der Waals surface area contributed by atoms with Crippen molar-refractivity contribution in [2.45, 2.75) is 39.7 Å². The van der Waals surface area contributed by atoms with Crippen molar-refractivity contribution in [2.24, 2.45) is 0 Å². The fourth-order valence-electron chi connectivity index (χ4n) is 3.24. The van der Waals surface area contributed by atoms with E-state index in [0.29, 0.717) is 0 Å². The van der Waals surface area contributed by atoms with E-state index in [2.05, 4.69) is 5.16 Å². The highest BCUT2D eigenvalue weighted by molar-refractivity contribution is 5.96. The molecule has 1 saturated heterocycles. The highest BCUT2D eigenvalue weighted by atomic mass is 16.5. The molecule has 21 heavy (non-hydrogen) atoms. The van der Waals surface area contributed by atoms with Gasteiger partial charge in [0, 0.05) is 17.7 Å². The Morgan fingerprint density at radius 3 is 2.71 bits per heavy atom. The lowest BCUT2D eigenvalue weighted by molar-refractivity contribution is 0.0734. The highest BCUT2D eigenvalue weighted by Gasteiger charge is 2.34. The molecular formula is C17H20N2O2. The molecule has 0 spiro atoms. The van der Waals surface area contributed by atoms with Crippen molar-refractivity contribution < 1.29 is 9.32 Å². The SMILES string of the molecule is Cc1ccccc1C(=O)N1CCCC1c1c(C)noc1C. The van der Waals surface area contributed by atoms with Crippen molar-refractivity contribution in [1.29, 1.82) is 0 Å². The van der Waals surface area contributed by atoms with E-state index in [0.717, 1.165) is 47.5 Å². The van der Waals surface area contributed by atoms with E-state index in [1.54, 1.807) is 0 Å². The second-order valence-electron chi connectivity index (χ2n) is 5.71. The van der Waals surface area contributed by atoms with E-state index < -0.39 is 0 Å². The van der Waals surface area contributed by atoms with E-state index in [9.17, 15) is 4.79 Å². The minimum atomic E-state index is 0.0864. The van der Waals surface area contributed by atoms with Crippen molar-refractivity contribution in [2.75, 3.05) is 6.54 Å². The number of rotatable bonds is 2. The number of amides is 1. The van der Waals surface area contributed by atoms with E-state index in [1.165, 1.54) is 0 Å². The zero-order valence-electron chi connectivity index (χ0n) is 12.7. The van der Waals surface area contributed by atoms with Crippen molar-refractivity contribution in [3.63, 3.8) is 0 Å². The van der Waals surface area contributed by atoms with Gasteiger partial charge in [0.25, 0.3) is 5.91 Å². The summed E-state index contributed by atoms with van der Waals surface area (Å²) < 4.78 is 5.28. The Kier molecular flexibility index (Phi) is 3.53. The molecule has 0 aliphatic carbocycles. The summed E-state index contributed by atoms with van der Waals surface area (Å²) in [7, 11) is 0. The molecule has 0 bridgehead atoms. The largest absolute Gasteiger partial charge is 0.361 e. The number of hydrogen-bond donors (Lipinski definition) is 0. The van der Waals surface area contributed by atoms with Crippen LogP contribution in [-0.4, -0.2) is 22.5 Å². The fraction of sp³-hybridized carbons (Fsp3) is 0.412. The van der Waals surface area contributed by atoms with Gasteiger partial charge in [-0.15, -0.1) is 0 Å². The number of hydrogen-bond acceptors (Lipinski definition) is 3. The minimum absolute atomic E-state index is 0.0864. The normalized spacial score (nSPS) is 18.2. The third-order valence-electron chi connectivity index (χ3n) is 4.31. The maximum atomic E-state index is 12.9. The molecule has 1 aromatic carbocycles. The smallest absolute Gasteiger partial charge is 0.254 e.